The largest absolute Gasteiger partial charge is 0.508 e. The summed E-state index contributed by atoms with van der Waals surface area (Å²) in [5, 5.41) is 63.7. The zero-order valence-electron chi connectivity index (χ0n) is 26.8. The van der Waals surface area contributed by atoms with Gasteiger partial charge in [0.15, 0.2) is 11.6 Å². The number of allylic oxidation sites excluding steroid dienone is 4. The second-order valence-corrected chi connectivity index (χ2v) is 11.1. The summed E-state index contributed by atoms with van der Waals surface area (Å²) in [6.07, 6.45) is 6.81. The van der Waals surface area contributed by atoms with Gasteiger partial charge in [0.25, 0.3) is 0 Å². The number of rotatable bonds is 12. The Morgan fingerprint density at radius 3 is 1.58 bits per heavy atom. The van der Waals surface area contributed by atoms with E-state index in [1.165, 1.54) is 62.8 Å². The number of phenolic OH excluding ortho intramolecular Hbond substituents is 6. The zero-order valence-corrected chi connectivity index (χ0v) is 26.8. The van der Waals surface area contributed by atoms with Gasteiger partial charge in [-0.1, -0.05) is 48.1 Å². The maximum Gasteiger partial charge on any atom is 0.193 e. The van der Waals surface area contributed by atoms with Gasteiger partial charge in [-0.3, -0.25) is 9.59 Å². The fraction of sp³-hybridized carbons (Fsp3) is 0.158. The number of methoxy groups -OCH3 is 2. The van der Waals surface area contributed by atoms with Crippen LogP contribution in [0.15, 0.2) is 78.4 Å². The second kappa shape index (κ2) is 15.0. The Kier molecular flexibility index (Phi) is 10.8. The van der Waals surface area contributed by atoms with E-state index in [2.05, 4.69) is 0 Å². The topological polar surface area (TPSA) is 174 Å². The summed E-state index contributed by atoms with van der Waals surface area (Å²) in [5.41, 5.74) is 1.58. The molecule has 4 aromatic carbocycles. The van der Waals surface area contributed by atoms with Crippen molar-refractivity contribution in [3.8, 4) is 46.0 Å². The summed E-state index contributed by atoms with van der Waals surface area (Å²) in [6.45, 7) is 3.66. The van der Waals surface area contributed by atoms with Crippen LogP contribution in [0.25, 0.3) is 12.2 Å². The lowest BCUT2D eigenvalue weighted by atomic mass is 9.90. The van der Waals surface area contributed by atoms with Gasteiger partial charge in [0, 0.05) is 29.2 Å². The zero-order chi connectivity index (χ0) is 35.1. The van der Waals surface area contributed by atoms with Gasteiger partial charge >= 0.3 is 0 Å². The van der Waals surface area contributed by atoms with Gasteiger partial charge in [0.2, 0.25) is 0 Å². The summed E-state index contributed by atoms with van der Waals surface area (Å²) < 4.78 is 11.1. The van der Waals surface area contributed by atoms with Gasteiger partial charge in [-0.25, -0.2) is 0 Å². The first-order chi connectivity index (χ1) is 22.9. The molecule has 0 saturated heterocycles. The van der Waals surface area contributed by atoms with Crippen LogP contribution in [0.5, 0.6) is 46.0 Å². The van der Waals surface area contributed by atoms with Crippen LogP contribution < -0.4 is 9.47 Å². The van der Waals surface area contributed by atoms with Gasteiger partial charge in [0.05, 0.1) is 14.2 Å². The van der Waals surface area contributed by atoms with Crippen molar-refractivity contribution in [3.63, 3.8) is 0 Å². The molecule has 0 amide bonds. The van der Waals surface area contributed by atoms with Crippen molar-refractivity contribution >= 4 is 23.7 Å². The fourth-order valence-electron chi connectivity index (χ4n) is 5.09. The third-order valence-corrected chi connectivity index (χ3v) is 7.54. The number of ketones is 2. The first kappa shape index (κ1) is 34.7. The maximum atomic E-state index is 13.6. The lowest BCUT2D eigenvalue weighted by Gasteiger charge is -2.21. The number of carbonyl (C=O) groups excluding carboxylic acids is 2. The average Bonchev–Trinajstić information content (AvgIpc) is 3.05. The first-order valence-corrected chi connectivity index (χ1v) is 14.8. The molecular weight excluding hydrogens is 616 g/mol. The highest BCUT2D eigenvalue weighted by Gasteiger charge is 2.30. The summed E-state index contributed by atoms with van der Waals surface area (Å²) in [6, 6.07) is 13.2. The predicted molar refractivity (Wildman–Crippen MR) is 182 cm³/mol. The SMILES string of the molecule is COc1c(Cc2c(O)c(CC=C(C)C)c(O)c(C(=O)C=Cc3ccc(O)cc3)c2OC)c(O)cc(O)c1C(=O)C=Cc1ccc(O)cc1. The highest BCUT2D eigenvalue weighted by molar-refractivity contribution is 6.12. The molecule has 0 spiro atoms. The van der Waals surface area contributed by atoms with Gasteiger partial charge in [-0.2, -0.15) is 0 Å². The van der Waals surface area contributed by atoms with Gasteiger partial charge in [-0.05, 0) is 67.8 Å². The van der Waals surface area contributed by atoms with Crippen LogP contribution >= 0.6 is 0 Å². The van der Waals surface area contributed by atoms with Crippen molar-refractivity contribution in [1.82, 2.24) is 0 Å². The molecule has 10 nitrogen and oxygen atoms in total. The number of carbonyl (C=O) groups is 2. The minimum atomic E-state index is -0.667. The van der Waals surface area contributed by atoms with E-state index in [0.29, 0.717) is 11.1 Å². The molecule has 0 atom stereocenters. The Hall–Kier alpha value is -6.16. The van der Waals surface area contributed by atoms with Gasteiger partial charge in [-0.15, -0.1) is 0 Å². The number of hydrogen-bond donors (Lipinski definition) is 6. The molecule has 10 heteroatoms. The van der Waals surface area contributed by atoms with Crippen molar-refractivity contribution in [2.24, 2.45) is 0 Å². The molecule has 0 heterocycles. The van der Waals surface area contributed by atoms with Crippen LogP contribution in [0.1, 0.15) is 62.4 Å². The molecule has 0 fully saturated rings. The predicted octanol–water partition coefficient (Wildman–Crippen LogP) is 6.83. The molecule has 4 rings (SSSR count). The molecular formula is C38H36O10. The van der Waals surface area contributed by atoms with E-state index in [1.54, 1.807) is 30.3 Å². The number of aromatic hydroxyl groups is 6. The highest BCUT2D eigenvalue weighted by Crippen LogP contribution is 2.47. The summed E-state index contributed by atoms with van der Waals surface area (Å²) in [7, 11) is 2.50. The third-order valence-electron chi connectivity index (χ3n) is 7.54. The van der Waals surface area contributed by atoms with E-state index in [0.717, 1.165) is 11.6 Å². The molecule has 0 aliphatic rings. The minimum Gasteiger partial charge on any atom is -0.508 e. The van der Waals surface area contributed by atoms with E-state index in [-0.39, 0.29) is 63.7 Å². The quantitative estimate of drug-likeness (QED) is 0.0541. The minimum absolute atomic E-state index is 0.00571. The third kappa shape index (κ3) is 7.61. The number of ether oxygens (including phenoxy) is 2. The number of benzene rings is 4. The smallest absolute Gasteiger partial charge is 0.193 e. The van der Waals surface area contributed by atoms with E-state index in [9.17, 15) is 40.2 Å². The molecule has 0 aliphatic heterocycles. The van der Waals surface area contributed by atoms with Crippen molar-refractivity contribution < 1.29 is 49.7 Å². The Labute approximate surface area is 277 Å². The van der Waals surface area contributed by atoms with Crippen molar-refractivity contribution in [2.75, 3.05) is 14.2 Å². The van der Waals surface area contributed by atoms with Crippen molar-refractivity contribution in [1.29, 1.82) is 0 Å². The van der Waals surface area contributed by atoms with Crippen LogP contribution in [0, 0.1) is 0 Å². The van der Waals surface area contributed by atoms with Crippen LogP contribution in [-0.2, 0) is 12.8 Å². The second-order valence-electron chi connectivity index (χ2n) is 11.1. The van der Waals surface area contributed by atoms with Gasteiger partial charge < -0.3 is 40.1 Å². The molecule has 0 saturated carbocycles. The van der Waals surface area contributed by atoms with Crippen molar-refractivity contribution in [2.45, 2.75) is 26.7 Å². The molecule has 0 unspecified atom stereocenters. The molecule has 0 radical (unpaired) electrons. The molecule has 6 N–H and O–H groups in total. The van der Waals surface area contributed by atoms with Crippen LogP contribution in [0.3, 0.4) is 0 Å². The lowest BCUT2D eigenvalue weighted by Crippen LogP contribution is -2.09. The summed E-state index contributed by atoms with van der Waals surface area (Å²) >= 11 is 0. The van der Waals surface area contributed by atoms with Crippen LogP contribution in [0.2, 0.25) is 0 Å². The maximum absolute atomic E-state index is 13.6. The van der Waals surface area contributed by atoms with E-state index < -0.39 is 34.6 Å². The lowest BCUT2D eigenvalue weighted by molar-refractivity contribution is 0.103. The molecule has 0 aromatic heterocycles. The molecule has 248 valence electrons. The van der Waals surface area contributed by atoms with E-state index in [4.69, 9.17) is 9.47 Å². The Balaban J connectivity index is 1.88. The van der Waals surface area contributed by atoms with Crippen LogP contribution in [0.4, 0.5) is 0 Å². The molecule has 0 bridgehead atoms. The average molecular weight is 653 g/mol. The summed E-state index contributed by atoms with van der Waals surface area (Å²) in [4.78, 5) is 27.0. The molecule has 0 aliphatic carbocycles. The van der Waals surface area contributed by atoms with Gasteiger partial charge in [0.1, 0.15) is 57.1 Å². The molecule has 48 heavy (non-hydrogen) atoms. The highest BCUT2D eigenvalue weighted by atomic mass is 16.5. The Morgan fingerprint density at radius 1 is 0.625 bits per heavy atom. The Morgan fingerprint density at radius 2 is 1.10 bits per heavy atom. The fourth-order valence-corrected chi connectivity index (χ4v) is 5.09. The number of phenols is 6. The monoisotopic (exact) mass is 652 g/mol. The first-order valence-electron chi connectivity index (χ1n) is 14.8. The number of hydrogen-bond acceptors (Lipinski definition) is 10. The summed E-state index contributed by atoms with van der Waals surface area (Å²) in [5.74, 6) is -3.52. The van der Waals surface area contributed by atoms with E-state index >= 15 is 0 Å². The Bertz CT molecular complexity index is 1930. The normalized spacial score (nSPS) is 11.2. The molecule has 4 aromatic rings. The van der Waals surface area contributed by atoms with E-state index in [1.807, 2.05) is 13.8 Å². The standard InChI is InChI=1S/C38H36O10/c1-21(2)5-16-26-35(45)28(38(48-4)34(36(26)46)30(42)18-11-23-8-14-25(40)15-9-23)19-27-31(43)20-32(44)33(37(27)47-3)29(41)17-10-22-6-12-24(39)13-7-22/h5-15,17-18,20,39-40,43-46H,16,19H2,1-4H3. The van der Waals surface area contributed by atoms with Crippen LogP contribution in [-0.4, -0.2) is 56.4 Å². The van der Waals surface area contributed by atoms with Crippen molar-refractivity contribution in [3.05, 3.63) is 117 Å².